The third kappa shape index (κ3) is 3.36. The van der Waals surface area contributed by atoms with Gasteiger partial charge in [-0.1, -0.05) is 68.3 Å². The number of rotatable bonds is 2. The van der Waals surface area contributed by atoms with E-state index in [1.54, 1.807) is 0 Å². The minimum absolute atomic E-state index is 1.02. The number of fused-ring (bicyclic) bond motifs is 2. The molecule has 0 saturated heterocycles. The molecule has 0 aliphatic carbocycles. The van der Waals surface area contributed by atoms with Crippen molar-refractivity contribution in [1.29, 1.82) is 0 Å². The second kappa shape index (κ2) is 7.16. The summed E-state index contributed by atoms with van der Waals surface area (Å²) in [6.07, 6.45) is 0. The van der Waals surface area contributed by atoms with Crippen molar-refractivity contribution in [3.05, 3.63) is 99.9 Å². The summed E-state index contributed by atoms with van der Waals surface area (Å²) in [5.41, 5.74) is 6.84. The van der Waals surface area contributed by atoms with E-state index in [1.807, 2.05) is 0 Å². The standard InChI is InChI=1S/C25H15Br2N/c26-22-7-1-16(2-8-22)18-5-11-24-20(13-18)15-21-14-19(6-12-25(21)28-24)17-3-9-23(27)10-4-17/h1-15H. The smallest absolute Gasteiger partial charge is 0.0710 e. The number of hydrogen-bond acceptors (Lipinski definition) is 1. The van der Waals surface area contributed by atoms with Gasteiger partial charge in [-0.25, -0.2) is 4.98 Å². The Kier molecular flexibility index (Phi) is 4.50. The maximum absolute atomic E-state index is 4.86. The Bertz CT molecular complexity index is 1210. The Labute approximate surface area is 180 Å². The van der Waals surface area contributed by atoms with Crippen LogP contribution in [-0.2, 0) is 0 Å². The van der Waals surface area contributed by atoms with Crippen molar-refractivity contribution < 1.29 is 0 Å². The second-order valence-electron chi connectivity index (χ2n) is 6.82. The lowest BCUT2D eigenvalue weighted by molar-refractivity contribution is 1.49. The molecule has 0 unspecified atom stereocenters. The molecule has 0 aliphatic rings. The van der Waals surface area contributed by atoms with Gasteiger partial charge in [0, 0.05) is 19.7 Å². The van der Waals surface area contributed by atoms with Gasteiger partial charge in [0.2, 0.25) is 0 Å². The van der Waals surface area contributed by atoms with E-state index in [9.17, 15) is 0 Å². The van der Waals surface area contributed by atoms with E-state index in [2.05, 4.69) is 123 Å². The fourth-order valence-electron chi connectivity index (χ4n) is 3.48. The zero-order chi connectivity index (χ0) is 19.1. The monoisotopic (exact) mass is 487 g/mol. The van der Waals surface area contributed by atoms with Gasteiger partial charge in [-0.05, 0) is 76.9 Å². The third-order valence-corrected chi connectivity index (χ3v) is 6.02. The molecule has 0 amide bonds. The summed E-state index contributed by atoms with van der Waals surface area (Å²) in [4.78, 5) is 4.86. The van der Waals surface area contributed by atoms with Gasteiger partial charge in [0.25, 0.3) is 0 Å². The molecule has 3 heteroatoms. The summed E-state index contributed by atoms with van der Waals surface area (Å²) in [5.74, 6) is 0. The summed E-state index contributed by atoms with van der Waals surface area (Å²) in [6.45, 7) is 0. The fraction of sp³-hybridized carbons (Fsp3) is 0. The lowest BCUT2D eigenvalue weighted by Crippen LogP contribution is -1.86. The average Bonchev–Trinajstić information content (AvgIpc) is 2.72. The van der Waals surface area contributed by atoms with Crippen LogP contribution in [0.15, 0.2) is 99.9 Å². The highest BCUT2D eigenvalue weighted by atomic mass is 79.9. The van der Waals surface area contributed by atoms with Crippen molar-refractivity contribution in [2.24, 2.45) is 0 Å². The third-order valence-electron chi connectivity index (χ3n) is 4.96. The number of halogens is 2. The Morgan fingerprint density at radius 1 is 0.429 bits per heavy atom. The van der Waals surface area contributed by atoms with Crippen LogP contribution in [0, 0.1) is 0 Å². The van der Waals surface area contributed by atoms with Gasteiger partial charge in [0.15, 0.2) is 0 Å². The fourth-order valence-corrected chi connectivity index (χ4v) is 4.01. The lowest BCUT2D eigenvalue weighted by atomic mass is 10.0. The van der Waals surface area contributed by atoms with Crippen LogP contribution in [0.5, 0.6) is 0 Å². The summed E-state index contributed by atoms with van der Waals surface area (Å²) in [7, 11) is 0. The summed E-state index contributed by atoms with van der Waals surface area (Å²) in [5, 5.41) is 2.31. The SMILES string of the molecule is Brc1ccc(-c2ccc3nc4ccc(-c5ccc(Br)cc5)cc4cc3c2)cc1. The van der Waals surface area contributed by atoms with Crippen LogP contribution in [0.2, 0.25) is 0 Å². The number of nitrogens with zero attached hydrogens (tertiary/aromatic N) is 1. The molecule has 4 aromatic carbocycles. The molecule has 5 aromatic rings. The maximum Gasteiger partial charge on any atom is 0.0710 e. The van der Waals surface area contributed by atoms with Crippen LogP contribution in [0.1, 0.15) is 0 Å². The number of hydrogen-bond donors (Lipinski definition) is 0. The average molecular weight is 489 g/mol. The molecule has 5 rings (SSSR count). The van der Waals surface area contributed by atoms with E-state index in [1.165, 1.54) is 22.3 Å². The highest BCUT2D eigenvalue weighted by Gasteiger charge is 2.05. The first-order valence-corrected chi connectivity index (χ1v) is 10.6. The van der Waals surface area contributed by atoms with Crippen LogP contribution in [0.3, 0.4) is 0 Å². The molecular formula is C25H15Br2N. The van der Waals surface area contributed by atoms with Gasteiger partial charge in [-0.2, -0.15) is 0 Å². The topological polar surface area (TPSA) is 12.9 Å². The van der Waals surface area contributed by atoms with E-state index in [4.69, 9.17) is 4.98 Å². The molecule has 1 aromatic heterocycles. The number of benzene rings is 4. The Morgan fingerprint density at radius 3 is 1.25 bits per heavy atom. The van der Waals surface area contributed by atoms with Crippen LogP contribution in [0.4, 0.5) is 0 Å². The second-order valence-corrected chi connectivity index (χ2v) is 8.65. The van der Waals surface area contributed by atoms with Crippen LogP contribution >= 0.6 is 31.9 Å². The molecule has 0 spiro atoms. The Balaban J connectivity index is 1.63. The number of aromatic nitrogens is 1. The highest BCUT2D eigenvalue weighted by Crippen LogP contribution is 2.30. The largest absolute Gasteiger partial charge is 0.248 e. The van der Waals surface area contributed by atoms with Gasteiger partial charge in [-0.3, -0.25) is 0 Å². The zero-order valence-electron chi connectivity index (χ0n) is 14.9. The van der Waals surface area contributed by atoms with Crippen LogP contribution in [0.25, 0.3) is 44.1 Å². The van der Waals surface area contributed by atoms with E-state index >= 15 is 0 Å². The maximum atomic E-state index is 4.86. The lowest BCUT2D eigenvalue weighted by Gasteiger charge is -2.08. The van der Waals surface area contributed by atoms with Crippen molar-refractivity contribution >= 4 is 53.7 Å². The van der Waals surface area contributed by atoms with E-state index < -0.39 is 0 Å². The molecule has 0 aliphatic heterocycles. The summed E-state index contributed by atoms with van der Waals surface area (Å²) in [6, 6.07) is 32.0. The van der Waals surface area contributed by atoms with Crippen LogP contribution in [-0.4, -0.2) is 4.98 Å². The predicted molar refractivity (Wildman–Crippen MR) is 126 cm³/mol. The molecule has 134 valence electrons. The Hall–Kier alpha value is -2.49. The van der Waals surface area contributed by atoms with E-state index in [-0.39, 0.29) is 0 Å². The quantitative estimate of drug-likeness (QED) is 0.228. The first kappa shape index (κ1) is 17.6. The molecule has 28 heavy (non-hydrogen) atoms. The normalized spacial score (nSPS) is 11.2. The minimum atomic E-state index is 1.02. The molecule has 0 bridgehead atoms. The van der Waals surface area contributed by atoms with Gasteiger partial charge in [0.05, 0.1) is 11.0 Å². The molecule has 0 N–H and O–H groups in total. The number of pyridine rings is 1. The van der Waals surface area contributed by atoms with E-state index in [0.29, 0.717) is 0 Å². The molecule has 0 fully saturated rings. The summed E-state index contributed by atoms with van der Waals surface area (Å²) >= 11 is 7.00. The Morgan fingerprint density at radius 2 is 0.821 bits per heavy atom. The minimum Gasteiger partial charge on any atom is -0.248 e. The van der Waals surface area contributed by atoms with Gasteiger partial charge < -0.3 is 0 Å². The van der Waals surface area contributed by atoms with Crippen molar-refractivity contribution in [3.63, 3.8) is 0 Å². The highest BCUT2D eigenvalue weighted by molar-refractivity contribution is 9.10. The zero-order valence-corrected chi connectivity index (χ0v) is 18.0. The molecular weight excluding hydrogens is 474 g/mol. The summed E-state index contributed by atoms with van der Waals surface area (Å²) < 4.78 is 2.18. The first-order valence-electron chi connectivity index (χ1n) is 9.02. The first-order chi connectivity index (χ1) is 13.7. The van der Waals surface area contributed by atoms with Crippen molar-refractivity contribution in [2.45, 2.75) is 0 Å². The molecule has 0 atom stereocenters. The van der Waals surface area contributed by atoms with Crippen LogP contribution < -0.4 is 0 Å². The molecule has 1 heterocycles. The predicted octanol–water partition coefficient (Wildman–Crippen LogP) is 8.25. The molecule has 0 saturated carbocycles. The van der Waals surface area contributed by atoms with Crippen molar-refractivity contribution in [3.8, 4) is 22.3 Å². The van der Waals surface area contributed by atoms with E-state index in [0.717, 1.165) is 30.8 Å². The van der Waals surface area contributed by atoms with Crippen molar-refractivity contribution in [2.75, 3.05) is 0 Å². The molecule has 0 radical (unpaired) electrons. The van der Waals surface area contributed by atoms with Gasteiger partial charge in [-0.15, -0.1) is 0 Å². The molecule has 1 nitrogen and oxygen atoms in total. The van der Waals surface area contributed by atoms with Gasteiger partial charge >= 0.3 is 0 Å². The van der Waals surface area contributed by atoms with Crippen molar-refractivity contribution in [1.82, 2.24) is 4.98 Å². The van der Waals surface area contributed by atoms with Gasteiger partial charge in [0.1, 0.15) is 0 Å².